The van der Waals surface area contributed by atoms with Crippen molar-refractivity contribution < 1.29 is 32.1 Å². The predicted molar refractivity (Wildman–Crippen MR) is 145 cm³/mol. The number of likely N-dealkylation sites (tertiary alicyclic amines) is 1. The van der Waals surface area contributed by atoms with Crippen LogP contribution in [0.2, 0.25) is 0 Å². The maximum Gasteiger partial charge on any atom is 0.303 e. The van der Waals surface area contributed by atoms with Gasteiger partial charge in [0.05, 0.1) is 18.7 Å². The summed E-state index contributed by atoms with van der Waals surface area (Å²) in [7, 11) is 3.36. The van der Waals surface area contributed by atoms with Crippen molar-refractivity contribution in [2.75, 3.05) is 26.0 Å². The minimum atomic E-state index is -3.85. The Labute approximate surface area is 231 Å². The van der Waals surface area contributed by atoms with E-state index in [1.165, 1.54) is 19.2 Å². The molecule has 1 aliphatic heterocycles. The highest BCUT2D eigenvalue weighted by Crippen LogP contribution is 2.42. The fourth-order valence-electron chi connectivity index (χ4n) is 5.23. The number of benzene rings is 2. The third-order valence-corrected chi connectivity index (χ3v) is 7.55. The van der Waals surface area contributed by atoms with E-state index in [0.29, 0.717) is 0 Å². The first-order valence-corrected chi connectivity index (χ1v) is 13.2. The third-order valence-electron chi connectivity index (χ3n) is 7.55. The van der Waals surface area contributed by atoms with Crippen molar-refractivity contribution in [3.8, 4) is 11.5 Å². The van der Waals surface area contributed by atoms with Gasteiger partial charge in [-0.3, -0.25) is 4.90 Å². The van der Waals surface area contributed by atoms with Crippen molar-refractivity contribution in [1.82, 2.24) is 14.9 Å². The number of rotatable bonds is 9. The first-order chi connectivity index (χ1) is 18.7. The summed E-state index contributed by atoms with van der Waals surface area (Å²) in [6.45, 7) is 7.85. The number of aryl methyl sites for hydroxylation is 1. The number of halogens is 4. The summed E-state index contributed by atoms with van der Waals surface area (Å²) < 4.78 is 72.4. The smallest absolute Gasteiger partial charge is 0.303 e. The molecule has 1 aliphatic rings. The van der Waals surface area contributed by atoms with Crippen LogP contribution in [0.4, 0.5) is 23.4 Å². The van der Waals surface area contributed by atoms with Gasteiger partial charge in [-0.05, 0) is 73.2 Å². The molecule has 0 radical (unpaired) electrons. The van der Waals surface area contributed by atoms with Gasteiger partial charge in [0.1, 0.15) is 34.7 Å². The molecule has 0 amide bonds. The number of hydrogen-bond acceptors (Lipinski definition) is 7. The monoisotopic (exact) mass is 564 g/mol. The Morgan fingerprint density at radius 2 is 1.85 bits per heavy atom. The lowest BCUT2D eigenvalue weighted by molar-refractivity contribution is -0.170. The predicted octanol–water partition coefficient (Wildman–Crippen LogP) is 6.12. The molecule has 3 aromatic rings. The second kappa shape index (κ2) is 11.0. The van der Waals surface area contributed by atoms with Gasteiger partial charge in [-0.15, -0.1) is 0 Å². The van der Waals surface area contributed by atoms with Gasteiger partial charge in [0.25, 0.3) is 0 Å². The number of alkyl halides is 2. The topological polar surface area (TPSA) is 79.7 Å². The zero-order valence-electron chi connectivity index (χ0n) is 23.8. The molecule has 40 heavy (non-hydrogen) atoms. The Bertz CT molecular complexity index is 1400. The molecular weight excluding hydrogens is 528 g/mol. The lowest BCUT2D eigenvalue weighted by atomic mass is 9.91. The highest BCUT2D eigenvalue weighted by atomic mass is 19.3. The van der Waals surface area contributed by atoms with E-state index in [0.717, 1.165) is 39.3 Å². The fourth-order valence-corrected chi connectivity index (χ4v) is 5.23. The molecule has 3 atom stereocenters. The summed E-state index contributed by atoms with van der Waals surface area (Å²) in [5.41, 5.74) is -3.51. The van der Waals surface area contributed by atoms with E-state index in [1.807, 2.05) is 14.0 Å². The third kappa shape index (κ3) is 5.41. The van der Waals surface area contributed by atoms with Crippen molar-refractivity contribution in [1.29, 1.82) is 0 Å². The summed E-state index contributed by atoms with van der Waals surface area (Å²) in [4.78, 5) is 10.9. The molecule has 4 rings (SSSR count). The van der Waals surface area contributed by atoms with E-state index in [1.54, 1.807) is 19.9 Å². The van der Waals surface area contributed by atoms with Crippen LogP contribution in [-0.4, -0.2) is 58.4 Å². The molecule has 1 aromatic heterocycles. The largest absolute Gasteiger partial charge is 0.490 e. The molecule has 7 nitrogen and oxygen atoms in total. The van der Waals surface area contributed by atoms with Crippen LogP contribution in [0, 0.1) is 18.6 Å². The minimum absolute atomic E-state index is 0.0279. The van der Waals surface area contributed by atoms with Crippen molar-refractivity contribution in [3.63, 3.8) is 0 Å². The van der Waals surface area contributed by atoms with E-state index in [4.69, 9.17) is 9.47 Å². The molecule has 0 spiro atoms. The van der Waals surface area contributed by atoms with Crippen molar-refractivity contribution >= 4 is 16.7 Å². The second-order valence-electron chi connectivity index (χ2n) is 11.0. The number of hydrogen-bond donors (Lipinski definition) is 2. The van der Waals surface area contributed by atoms with Gasteiger partial charge in [0, 0.05) is 17.0 Å². The highest BCUT2D eigenvalue weighted by Gasteiger charge is 2.49. The molecule has 0 unspecified atom stereocenters. The van der Waals surface area contributed by atoms with Crippen LogP contribution in [0.5, 0.6) is 11.5 Å². The van der Waals surface area contributed by atoms with Gasteiger partial charge in [0.2, 0.25) is 0 Å². The SMILES string of the molecule is COc1c(O[C@H](C)[C@@H]2CCCN2C)cc2c(N[C@H](C)c3cccc(C(F)(F)C(C)(C)O)c3F)nc(C)nc2c1F. The van der Waals surface area contributed by atoms with Crippen molar-refractivity contribution in [3.05, 3.63) is 52.9 Å². The molecule has 0 bridgehead atoms. The maximum absolute atomic E-state index is 15.7. The number of methoxy groups -OCH3 is 1. The van der Waals surface area contributed by atoms with E-state index < -0.39 is 34.8 Å². The molecule has 11 heteroatoms. The number of anilines is 1. The molecule has 0 saturated carbocycles. The Balaban J connectivity index is 1.75. The first-order valence-electron chi connectivity index (χ1n) is 13.2. The van der Waals surface area contributed by atoms with Crippen LogP contribution in [0.1, 0.15) is 63.5 Å². The van der Waals surface area contributed by atoms with Crippen molar-refractivity contribution in [2.24, 2.45) is 0 Å². The molecule has 1 fully saturated rings. The van der Waals surface area contributed by atoms with E-state index >= 15 is 8.78 Å². The molecule has 218 valence electrons. The van der Waals surface area contributed by atoms with Crippen LogP contribution >= 0.6 is 0 Å². The van der Waals surface area contributed by atoms with E-state index in [9.17, 15) is 13.9 Å². The van der Waals surface area contributed by atoms with Crippen LogP contribution in [0.3, 0.4) is 0 Å². The average molecular weight is 565 g/mol. The fraction of sp³-hybridized carbons (Fsp3) is 0.517. The number of ether oxygens (including phenoxy) is 2. The Morgan fingerprint density at radius 3 is 2.45 bits per heavy atom. The zero-order valence-corrected chi connectivity index (χ0v) is 23.8. The van der Waals surface area contributed by atoms with E-state index in [-0.39, 0.29) is 51.8 Å². The number of aliphatic hydroxyl groups is 1. The quantitative estimate of drug-likeness (QED) is 0.303. The van der Waals surface area contributed by atoms with Gasteiger partial charge in [-0.2, -0.15) is 8.78 Å². The molecule has 2 aromatic carbocycles. The molecule has 2 N–H and O–H groups in total. The second-order valence-corrected chi connectivity index (χ2v) is 11.0. The van der Waals surface area contributed by atoms with Gasteiger partial charge >= 0.3 is 5.92 Å². The van der Waals surface area contributed by atoms with Crippen LogP contribution in [0.25, 0.3) is 10.9 Å². The lowest BCUT2D eigenvalue weighted by Gasteiger charge is -2.30. The standard InChI is InChI=1S/C29H36F4N4O3/c1-15(18-10-8-11-20(23(18)30)29(32,33)28(4,5)38)34-27-19-14-22(40-16(2)21-12-9-13-37(21)6)26(39-7)24(31)25(19)35-17(3)36-27/h8,10-11,14-16,21,38H,9,12-13H2,1-7H3,(H,34,35,36)/t15-,16-,21+/m1/s1. The van der Waals surface area contributed by atoms with Crippen molar-refractivity contribution in [2.45, 2.75) is 77.2 Å². The molecule has 2 heterocycles. The number of aromatic nitrogens is 2. The average Bonchev–Trinajstić information content (AvgIpc) is 3.30. The number of nitrogens with zero attached hydrogens (tertiary/aromatic N) is 3. The lowest BCUT2D eigenvalue weighted by Crippen LogP contribution is -2.41. The maximum atomic E-state index is 15.7. The minimum Gasteiger partial charge on any atom is -0.490 e. The Hall–Kier alpha value is -3.18. The number of likely N-dealkylation sites (N-methyl/N-ethyl adjacent to an activating group) is 1. The van der Waals surface area contributed by atoms with E-state index in [2.05, 4.69) is 20.2 Å². The Kier molecular flexibility index (Phi) is 8.20. The van der Waals surface area contributed by atoms with Crippen LogP contribution in [-0.2, 0) is 5.92 Å². The van der Waals surface area contributed by atoms with Gasteiger partial charge < -0.3 is 19.9 Å². The normalized spacial score (nSPS) is 18.1. The molecule has 1 saturated heterocycles. The summed E-state index contributed by atoms with van der Waals surface area (Å²) in [5.74, 6) is -5.25. The molecular formula is C29H36F4N4O3. The van der Waals surface area contributed by atoms with Crippen LogP contribution < -0.4 is 14.8 Å². The first kappa shape index (κ1) is 29.8. The van der Waals surface area contributed by atoms with Gasteiger partial charge in [-0.1, -0.05) is 12.1 Å². The van der Waals surface area contributed by atoms with Crippen LogP contribution in [0.15, 0.2) is 24.3 Å². The highest BCUT2D eigenvalue weighted by molar-refractivity contribution is 5.92. The molecule has 0 aliphatic carbocycles. The van der Waals surface area contributed by atoms with Gasteiger partial charge in [0.15, 0.2) is 17.3 Å². The van der Waals surface area contributed by atoms with Gasteiger partial charge in [-0.25, -0.2) is 18.7 Å². The Morgan fingerprint density at radius 1 is 1.15 bits per heavy atom. The summed E-state index contributed by atoms with van der Waals surface area (Å²) in [6.07, 6.45) is 1.71. The summed E-state index contributed by atoms with van der Waals surface area (Å²) >= 11 is 0. The number of nitrogens with one attached hydrogen (secondary N) is 1. The number of fused-ring (bicyclic) bond motifs is 1. The summed E-state index contributed by atoms with van der Waals surface area (Å²) in [5, 5.41) is 13.3. The zero-order chi connectivity index (χ0) is 29.6. The summed E-state index contributed by atoms with van der Waals surface area (Å²) in [6, 6.07) is 4.47.